The zero-order valence-electron chi connectivity index (χ0n) is 7.87. The average Bonchev–Trinajstić information content (AvgIpc) is 2.17. The maximum Gasteiger partial charge on any atom is 0.131 e. The first kappa shape index (κ1) is 10.6. The second-order valence-electron chi connectivity index (χ2n) is 3.00. The van der Waals surface area contributed by atoms with Gasteiger partial charge in [-0.2, -0.15) is 0 Å². The zero-order valence-corrected chi connectivity index (χ0v) is 8.63. The van der Waals surface area contributed by atoms with E-state index in [-0.39, 0.29) is 5.56 Å². The number of rotatable bonds is 5. The van der Waals surface area contributed by atoms with Crippen LogP contribution in [0.25, 0.3) is 0 Å². The lowest BCUT2D eigenvalue weighted by molar-refractivity contribution is 0.0882. The fourth-order valence-electron chi connectivity index (χ4n) is 1.07. The minimum absolute atomic E-state index is 0.148. The van der Waals surface area contributed by atoms with Crippen molar-refractivity contribution in [1.82, 2.24) is 0 Å². The highest BCUT2D eigenvalue weighted by Gasteiger charge is 2.02. The topological polar surface area (TPSA) is 9.23 Å². The molecule has 0 amide bonds. The van der Waals surface area contributed by atoms with E-state index in [0.717, 1.165) is 12.8 Å². The minimum atomic E-state index is -0.148. The quantitative estimate of drug-likeness (QED) is 0.658. The van der Waals surface area contributed by atoms with Gasteiger partial charge < -0.3 is 4.74 Å². The molecule has 0 aliphatic carbocycles. The van der Waals surface area contributed by atoms with Crippen LogP contribution in [0, 0.1) is 0 Å². The molecule has 1 atom stereocenters. The Labute approximate surface area is 84.7 Å². The second kappa shape index (κ2) is 6.01. The number of ether oxygens (including phenoxy) is 1. The minimum Gasteiger partial charge on any atom is -0.358 e. The maximum atomic E-state index is 5.91. The largest absolute Gasteiger partial charge is 0.358 e. The molecule has 0 saturated carbocycles. The number of hydrogen-bond donors (Lipinski definition) is 0. The summed E-state index contributed by atoms with van der Waals surface area (Å²) in [5.74, 6) is 0. The SMILES string of the molecule is CCCC(Cl)OCc1ccccc1. The summed E-state index contributed by atoms with van der Waals surface area (Å²) < 4.78 is 5.43. The highest BCUT2D eigenvalue weighted by atomic mass is 35.5. The number of benzene rings is 1. The highest BCUT2D eigenvalue weighted by Crippen LogP contribution is 2.10. The van der Waals surface area contributed by atoms with Gasteiger partial charge in [0.2, 0.25) is 0 Å². The van der Waals surface area contributed by atoms with Crippen LogP contribution < -0.4 is 0 Å². The number of alkyl halides is 1. The molecule has 72 valence electrons. The van der Waals surface area contributed by atoms with Gasteiger partial charge in [-0.05, 0) is 12.0 Å². The third-order valence-electron chi connectivity index (χ3n) is 1.79. The summed E-state index contributed by atoms with van der Waals surface area (Å²) in [7, 11) is 0. The summed E-state index contributed by atoms with van der Waals surface area (Å²) in [4.78, 5) is 0. The van der Waals surface area contributed by atoms with Gasteiger partial charge in [0.15, 0.2) is 0 Å². The summed E-state index contributed by atoms with van der Waals surface area (Å²) in [6.07, 6.45) is 1.97. The van der Waals surface area contributed by atoms with Gasteiger partial charge in [0.25, 0.3) is 0 Å². The molecule has 1 nitrogen and oxygen atoms in total. The van der Waals surface area contributed by atoms with E-state index in [1.165, 1.54) is 5.56 Å². The van der Waals surface area contributed by atoms with Crippen molar-refractivity contribution in [1.29, 1.82) is 0 Å². The van der Waals surface area contributed by atoms with Gasteiger partial charge in [-0.1, -0.05) is 55.3 Å². The molecular formula is C11H15ClO. The Bertz CT molecular complexity index is 223. The molecule has 1 aromatic carbocycles. The Kier molecular flexibility index (Phi) is 4.87. The van der Waals surface area contributed by atoms with Crippen molar-refractivity contribution in [3.05, 3.63) is 35.9 Å². The van der Waals surface area contributed by atoms with Crippen molar-refractivity contribution in [2.75, 3.05) is 0 Å². The van der Waals surface area contributed by atoms with E-state index in [2.05, 4.69) is 6.92 Å². The molecule has 1 unspecified atom stereocenters. The fraction of sp³-hybridized carbons (Fsp3) is 0.455. The van der Waals surface area contributed by atoms with Crippen LogP contribution in [-0.4, -0.2) is 5.56 Å². The Hall–Kier alpha value is -0.530. The molecule has 0 radical (unpaired) electrons. The Morgan fingerprint density at radius 1 is 1.31 bits per heavy atom. The van der Waals surface area contributed by atoms with Gasteiger partial charge in [-0.3, -0.25) is 0 Å². The van der Waals surface area contributed by atoms with Crippen LogP contribution in [0.2, 0.25) is 0 Å². The van der Waals surface area contributed by atoms with Gasteiger partial charge in [0.05, 0.1) is 6.61 Å². The molecule has 0 aliphatic heterocycles. The van der Waals surface area contributed by atoms with Crippen molar-refractivity contribution in [3.8, 4) is 0 Å². The van der Waals surface area contributed by atoms with Crippen molar-refractivity contribution >= 4 is 11.6 Å². The average molecular weight is 199 g/mol. The van der Waals surface area contributed by atoms with Crippen LogP contribution >= 0.6 is 11.6 Å². The molecule has 0 aromatic heterocycles. The van der Waals surface area contributed by atoms with Crippen LogP contribution in [0.5, 0.6) is 0 Å². The van der Waals surface area contributed by atoms with Crippen LogP contribution in [0.1, 0.15) is 25.3 Å². The number of hydrogen-bond acceptors (Lipinski definition) is 1. The lowest BCUT2D eigenvalue weighted by atomic mass is 10.2. The highest BCUT2D eigenvalue weighted by molar-refractivity contribution is 6.19. The van der Waals surface area contributed by atoms with E-state index < -0.39 is 0 Å². The van der Waals surface area contributed by atoms with E-state index in [1.807, 2.05) is 30.3 Å². The lowest BCUT2D eigenvalue weighted by Gasteiger charge is -2.09. The molecule has 0 heterocycles. The van der Waals surface area contributed by atoms with Gasteiger partial charge in [-0.15, -0.1) is 0 Å². The van der Waals surface area contributed by atoms with Crippen LogP contribution in [0.3, 0.4) is 0 Å². The molecule has 0 bridgehead atoms. The molecule has 1 aromatic rings. The predicted molar refractivity (Wildman–Crippen MR) is 55.8 cm³/mol. The number of halogens is 1. The fourth-order valence-corrected chi connectivity index (χ4v) is 1.35. The van der Waals surface area contributed by atoms with Crippen molar-refractivity contribution < 1.29 is 4.74 Å². The summed E-state index contributed by atoms with van der Waals surface area (Å²) in [6.45, 7) is 2.70. The van der Waals surface area contributed by atoms with E-state index in [9.17, 15) is 0 Å². The van der Waals surface area contributed by atoms with E-state index in [0.29, 0.717) is 6.61 Å². The van der Waals surface area contributed by atoms with Crippen molar-refractivity contribution in [2.24, 2.45) is 0 Å². The van der Waals surface area contributed by atoms with Crippen LogP contribution in [0.15, 0.2) is 30.3 Å². The van der Waals surface area contributed by atoms with Gasteiger partial charge >= 0.3 is 0 Å². The van der Waals surface area contributed by atoms with Crippen LogP contribution in [0.4, 0.5) is 0 Å². The molecule has 0 spiro atoms. The first-order valence-electron chi connectivity index (χ1n) is 4.62. The Balaban J connectivity index is 2.27. The summed E-state index contributed by atoms with van der Waals surface area (Å²) in [5, 5.41) is 0. The molecule has 13 heavy (non-hydrogen) atoms. The molecule has 1 rings (SSSR count). The standard InChI is InChI=1S/C11H15ClO/c1-2-6-11(12)13-9-10-7-4-3-5-8-10/h3-5,7-8,11H,2,6,9H2,1H3. The summed E-state index contributed by atoms with van der Waals surface area (Å²) >= 11 is 5.91. The van der Waals surface area contributed by atoms with E-state index in [4.69, 9.17) is 16.3 Å². The van der Waals surface area contributed by atoms with Crippen molar-refractivity contribution in [3.63, 3.8) is 0 Å². The van der Waals surface area contributed by atoms with Crippen LogP contribution in [-0.2, 0) is 11.3 Å². The molecular weight excluding hydrogens is 184 g/mol. The van der Waals surface area contributed by atoms with Gasteiger partial charge in [0.1, 0.15) is 5.56 Å². The van der Waals surface area contributed by atoms with Crippen molar-refractivity contribution in [2.45, 2.75) is 31.9 Å². The van der Waals surface area contributed by atoms with Gasteiger partial charge in [0, 0.05) is 0 Å². The molecule has 0 fully saturated rings. The maximum absolute atomic E-state index is 5.91. The summed E-state index contributed by atoms with van der Waals surface area (Å²) in [5.41, 5.74) is 1.02. The smallest absolute Gasteiger partial charge is 0.131 e. The molecule has 0 aliphatic rings. The third kappa shape index (κ3) is 4.30. The summed E-state index contributed by atoms with van der Waals surface area (Å²) in [6, 6.07) is 10.1. The third-order valence-corrected chi connectivity index (χ3v) is 2.13. The lowest BCUT2D eigenvalue weighted by Crippen LogP contribution is -2.04. The zero-order chi connectivity index (χ0) is 9.52. The first-order valence-corrected chi connectivity index (χ1v) is 5.06. The normalized spacial score (nSPS) is 12.8. The van der Waals surface area contributed by atoms with E-state index >= 15 is 0 Å². The molecule has 2 heteroatoms. The molecule has 0 N–H and O–H groups in total. The molecule has 0 saturated heterocycles. The Morgan fingerprint density at radius 3 is 2.62 bits per heavy atom. The first-order chi connectivity index (χ1) is 6.33. The monoisotopic (exact) mass is 198 g/mol. The second-order valence-corrected chi connectivity index (χ2v) is 3.48. The van der Waals surface area contributed by atoms with E-state index in [1.54, 1.807) is 0 Å². The van der Waals surface area contributed by atoms with Gasteiger partial charge in [-0.25, -0.2) is 0 Å². The Morgan fingerprint density at radius 2 is 2.00 bits per heavy atom. The predicted octanol–water partition coefficient (Wildman–Crippen LogP) is 3.57.